The van der Waals surface area contributed by atoms with Crippen molar-refractivity contribution in [2.24, 2.45) is 0 Å². The van der Waals surface area contributed by atoms with Crippen LogP contribution < -0.4 is 5.73 Å². The fourth-order valence-electron chi connectivity index (χ4n) is 2.78. The normalized spacial score (nSPS) is 16.0. The highest BCUT2D eigenvalue weighted by atomic mass is 79.9. The van der Waals surface area contributed by atoms with E-state index in [2.05, 4.69) is 29.2 Å². The van der Waals surface area contributed by atoms with E-state index in [1.165, 1.54) is 54.6 Å². The molecule has 3 rings (SSSR count). The van der Waals surface area contributed by atoms with Gasteiger partial charge in [-0.2, -0.15) is 0 Å². The van der Waals surface area contributed by atoms with Crippen molar-refractivity contribution in [1.82, 2.24) is 4.98 Å². The van der Waals surface area contributed by atoms with E-state index in [-0.39, 0.29) is 17.0 Å². The number of anilines is 1. The lowest BCUT2D eigenvalue weighted by Gasteiger charge is -2.22. The predicted molar refractivity (Wildman–Crippen MR) is 88.1 cm³/mol. The van der Waals surface area contributed by atoms with Gasteiger partial charge in [-0.3, -0.25) is 0 Å². The van der Waals surface area contributed by atoms with Gasteiger partial charge in [-0.15, -0.1) is 28.3 Å². The fourth-order valence-corrected chi connectivity index (χ4v) is 3.35. The number of nitrogens with two attached hydrogens (primary N) is 1. The number of nitrogens with zero attached hydrogens (tertiary/aromatic N) is 1. The Morgan fingerprint density at radius 1 is 1.05 bits per heavy atom. The van der Waals surface area contributed by atoms with Crippen molar-refractivity contribution in [3.63, 3.8) is 0 Å². The van der Waals surface area contributed by atoms with Gasteiger partial charge in [-0.05, 0) is 24.3 Å². The zero-order valence-electron chi connectivity index (χ0n) is 10.8. The summed E-state index contributed by atoms with van der Waals surface area (Å²) < 4.78 is 0. The maximum Gasteiger partial charge on any atom is 0.180 e. The van der Waals surface area contributed by atoms with Crippen LogP contribution in [0.25, 0.3) is 11.3 Å². The number of nitrogen functional groups attached to an aromatic ring is 1. The van der Waals surface area contributed by atoms with Gasteiger partial charge in [0.15, 0.2) is 5.13 Å². The van der Waals surface area contributed by atoms with Crippen LogP contribution in [0, 0.1) is 0 Å². The number of hydrogen-bond acceptors (Lipinski definition) is 3. The average molecular weight is 339 g/mol. The van der Waals surface area contributed by atoms with Gasteiger partial charge in [0, 0.05) is 10.9 Å². The Labute approximate surface area is 128 Å². The van der Waals surface area contributed by atoms with Crippen LogP contribution in [-0.2, 0) is 0 Å². The number of halogens is 1. The van der Waals surface area contributed by atoms with E-state index < -0.39 is 0 Å². The fraction of sp³-hybridized carbons (Fsp3) is 0.400. The Kier molecular flexibility index (Phi) is 4.99. The smallest absolute Gasteiger partial charge is 0.180 e. The Hall–Kier alpha value is -0.870. The lowest BCUT2D eigenvalue weighted by Crippen LogP contribution is -2.04. The van der Waals surface area contributed by atoms with Crippen LogP contribution in [0.3, 0.4) is 0 Å². The molecule has 19 heavy (non-hydrogen) atoms. The molecule has 0 amide bonds. The first-order valence-corrected chi connectivity index (χ1v) is 7.52. The Morgan fingerprint density at radius 2 is 1.74 bits per heavy atom. The number of rotatable bonds is 2. The highest BCUT2D eigenvalue weighted by Gasteiger charge is 2.15. The summed E-state index contributed by atoms with van der Waals surface area (Å²) in [6.07, 6.45) is 6.88. The van der Waals surface area contributed by atoms with E-state index in [4.69, 9.17) is 5.73 Å². The van der Waals surface area contributed by atoms with E-state index in [9.17, 15) is 0 Å². The average Bonchev–Trinajstić information content (AvgIpc) is 2.87. The molecule has 1 aliphatic carbocycles. The first kappa shape index (κ1) is 14.5. The lowest BCUT2D eigenvalue weighted by atomic mass is 9.84. The van der Waals surface area contributed by atoms with E-state index in [0.717, 1.165) is 11.6 Å². The number of benzene rings is 1. The summed E-state index contributed by atoms with van der Waals surface area (Å²) in [5.41, 5.74) is 9.32. The summed E-state index contributed by atoms with van der Waals surface area (Å²) in [6, 6.07) is 8.89. The molecular formula is C15H19BrN2S. The molecule has 1 aliphatic rings. The van der Waals surface area contributed by atoms with Gasteiger partial charge in [-0.25, -0.2) is 4.98 Å². The van der Waals surface area contributed by atoms with Crippen molar-refractivity contribution in [1.29, 1.82) is 0 Å². The van der Waals surface area contributed by atoms with Gasteiger partial charge in [0.25, 0.3) is 0 Å². The third-order valence-electron chi connectivity index (χ3n) is 3.80. The largest absolute Gasteiger partial charge is 0.375 e. The van der Waals surface area contributed by atoms with E-state index in [0.29, 0.717) is 5.13 Å². The quantitative estimate of drug-likeness (QED) is 0.834. The summed E-state index contributed by atoms with van der Waals surface area (Å²) in [4.78, 5) is 4.32. The molecule has 1 fully saturated rings. The zero-order valence-corrected chi connectivity index (χ0v) is 13.4. The summed E-state index contributed by atoms with van der Waals surface area (Å²) in [7, 11) is 0. The second kappa shape index (κ2) is 6.53. The minimum Gasteiger partial charge on any atom is -0.375 e. The molecule has 1 heterocycles. The SMILES string of the molecule is Br.Nc1nc(-c2ccc(C3CCCCC3)cc2)cs1. The van der Waals surface area contributed by atoms with Gasteiger partial charge in [0.1, 0.15) is 0 Å². The van der Waals surface area contributed by atoms with Gasteiger partial charge in [0.2, 0.25) is 0 Å². The molecule has 0 spiro atoms. The summed E-state index contributed by atoms with van der Waals surface area (Å²) in [5.74, 6) is 0.772. The van der Waals surface area contributed by atoms with Crippen molar-refractivity contribution < 1.29 is 0 Å². The molecule has 4 heteroatoms. The minimum atomic E-state index is 0. The molecule has 0 atom stereocenters. The third-order valence-corrected chi connectivity index (χ3v) is 4.48. The molecule has 2 N–H and O–H groups in total. The molecule has 1 aromatic carbocycles. The topological polar surface area (TPSA) is 38.9 Å². The standard InChI is InChI=1S/C15H18N2S.BrH/c16-15-17-14(10-18-15)13-8-6-12(7-9-13)11-4-2-1-3-5-11;/h6-11H,1-5H2,(H2,16,17);1H. The molecule has 1 saturated carbocycles. The Morgan fingerprint density at radius 3 is 2.32 bits per heavy atom. The van der Waals surface area contributed by atoms with Gasteiger partial charge in [0.05, 0.1) is 5.69 Å². The van der Waals surface area contributed by atoms with E-state index in [1.807, 2.05) is 5.38 Å². The number of aromatic nitrogens is 1. The summed E-state index contributed by atoms with van der Waals surface area (Å²) >= 11 is 1.50. The first-order chi connectivity index (χ1) is 8.83. The van der Waals surface area contributed by atoms with Crippen molar-refractivity contribution in [2.45, 2.75) is 38.0 Å². The molecular weight excluding hydrogens is 320 g/mol. The monoisotopic (exact) mass is 338 g/mol. The molecule has 0 aliphatic heterocycles. The molecule has 2 aromatic rings. The van der Waals surface area contributed by atoms with E-state index >= 15 is 0 Å². The van der Waals surface area contributed by atoms with Crippen LogP contribution in [0.5, 0.6) is 0 Å². The number of hydrogen-bond donors (Lipinski definition) is 1. The second-order valence-electron chi connectivity index (χ2n) is 5.03. The van der Waals surface area contributed by atoms with Crippen molar-refractivity contribution >= 4 is 33.4 Å². The van der Waals surface area contributed by atoms with Crippen LogP contribution in [0.2, 0.25) is 0 Å². The lowest BCUT2D eigenvalue weighted by molar-refractivity contribution is 0.443. The van der Waals surface area contributed by atoms with Gasteiger partial charge < -0.3 is 5.73 Å². The molecule has 1 aromatic heterocycles. The summed E-state index contributed by atoms with van der Waals surface area (Å²) in [6.45, 7) is 0. The number of thiazole rings is 1. The highest BCUT2D eigenvalue weighted by molar-refractivity contribution is 8.93. The van der Waals surface area contributed by atoms with Crippen molar-refractivity contribution in [2.75, 3.05) is 5.73 Å². The minimum absolute atomic E-state index is 0. The molecule has 0 unspecified atom stereocenters. The van der Waals surface area contributed by atoms with Crippen LogP contribution in [0.4, 0.5) is 5.13 Å². The first-order valence-electron chi connectivity index (χ1n) is 6.64. The second-order valence-corrected chi connectivity index (χ2v) is 5.92. The highest BCUT2D eigenvalue weighted by Crippen LogP contribution is 2.33. The summed E-state index contributed by atoms with van der Waals surface area (Å²) in [5, 5.41) is 2.66. The molecule has 2 nitrogen and oxygen atoms in total. The van der Waals surface area contributed by atoms with Crippen LogP contribution >= 0.6 is 28.3 Å². The molecule has 0 bridgehead atoms. The van der Waals surface area contributed by atoms with E-state index in [1.54, 1.807) is 0 Å². The van der Waals surface area contributed by atoms with Crippen LogP contribution in [0.15, 0.2) is 29.6 Å². The molecule has 102 valence electrons. The van der Waals surface area contributed by atoms with Gasteiger partial charge in [-0.1, -0.05) is 43.5 Å². The molecule has 0 radical (unpaired) electrons. The van der Waals surface area contributed by atoms with Crippen molar-refractivity contribution in [3.05, 3.63) is 35.2 Å². The molecule has 0 saturated heterocycles. The third kappa shape index (κ3) is 3.37. The predicted octanol–water partition coefficient (Wildman–Crippen LogP) is 5.02. The van der Waals surface area contributed by atoms with Crippen molar-refractivity contribution in [3.8, 4) is 11.3 Å². The van der Waals surface area contributed by atoms with Crippen LogP contribution in [-0.4, -0.2) is 4.98 Å². The Balaban J connectivity index is 0.00000133. The van der Waals surface area contributed by atoms with Crippen LogP contribution in [0.1, 0.15) is 43.6 Å². The maximum atomic E-state index is 5.67. The zero-order chi connectivity index (χ0) is 12.4. The Bertz CT molecular complexity index is 515. The van der Waals surface area contributed by atoms with Gasteiger partial charge >= 0.3 is 0 Å². The maximum absolute atomic E-state index is 5.67.